The van der Waals surface area contributed by atoms with E-state index in [2.05, 4.69) is 0 Å². The minimum atomic E-state index is -0.410. The van der Waals surface area contributed by atoms with Gasteiger partial charge >= 0.3 is 0 Å². The fourth-order valence-electron chi connectivity index (χ4n) is 2.43. The number of nitrogens with zero attached hydrogens (tertiary/aromatic N) is 2. The van der Waals surface area contributed by atoms with Gasteiger partial charge in [-0.3, -0.25) is 4.79 Å². The Balaban J connectivity index is 2.25. The predicted octanol–water partition coefficient (Wildman–Crippen LogP) is 3.30. The number of amides is 1. The van der Waals surface area contributed by atoms with E-state index in [9.17, 15) is 9.90 Å². The van der Waals surface area contributed by atoms with Crippen molar-refractivity contribution in [3.63, 3.8) is 0 Å². The molecule has 1 N–H and O–H groups in total. The monoisotopic (exact) mass is 312 g/mol. The maximum atomic E-state index is 12.7. The Labute approximate surface area is 138 Å². The van der Waals surface area contributed by atoms with E-state index < -0.39 is 6.10 Å². The third kappa shape index (κ3) is 4.33. The zero-order valence-corrected chi connectivity index (χ0v) is 13.9. The summed E-state index contributed by atoms with van der Waals surface area (Å²) in [5.74, 6) is -0.0379. The first-order valence-electron chi connectivity index (χ1n) is 7.82. The highest BCUT2D eigenvalue weighted by atomic mass is 16.3. The zero-order valence-electron chi connectivity index (χ0n) is 13.9. The van der Waals surface area contributed by atoms with E-state index >= 15 is 0 Å². The van der Waals surface area contributed by atoms with Gasteiger partial charge in [0.05, 0.1) is 17.4 Å². The topological polar surface area (TPSA) is 43.8 Å². The molecule has 0 radical (unpaired) electrons. The summed E-state index contributed by atoms with van der Waals surface area (Å²) in [4.78, 5) is 16.4. The van der Waals surface area contributed by atoms with Crippen molar-refractivity contribution in [2.24, 2.45) is 0 Å². The number of benzene rings is 2. The van der Waals surface area contributed by atoms with Gasteiger partial charge in [-0.2, -0.15) is 0 Å². The van der Waals surface area contributed by atoms with Crippen LogP contribution in [-0.2, 0) is 0 Å². The van der Waals surface area contributed by atoms with Gasteiger partial charge in [-0.15, -0.1) is 0 Å². The fraction of sp³-hybridized carbons (Fsp3) is 0.316. The standard InChI is InChI=1S/C19H24N2O2/c1-15(22)13-14-20(2)19(23)17-11-7-8-12-18(17)21(3)16-9-5-4-6-10-16/h4-12,15,22H,13-14H2,1-3H3. The van der Waals surface area contributed by atoms with Crippen LogP contribution in [0.25, 0.3) is 0 Å². The Morgan fingerprint density at radius 3 is 2.30 bits per heavy atom. The summed E-state index contributed by atoms with van der Waals surface area (Å²) < 4.78 is 0. The Morgan fingerprint density at radius 2 is 1.65 bits per heavy atom. The maximum absolute atomic E-state index is 12.7. The quantitative estimate of drug-likeness (QED) is 0.890. The van der Waals surface area contributed by atoms with Gasteiger partial charge in [-0.05, 0) is 37.6 Å². The molecule has 0 bridgehead atoms. The largest absolute Gasteiger partial charge is 0.393 e. The molecule has 0 heterocycles. The van der Waals surface area contributed by atoms with Crippen LogP contribution in [0.2, 0.25) is 0 Å². The highest BCUT2D eigenvalue weighted by molar-refractivity contribution is 6.00. The lowest BCUT2D eigenvalue weighted by atomic mass is 10.1. The molecule has 4 heteroatoms. The van der Waals surface area contributed by atoms with Gasteiger partial charge in [0, 0.05) is 26.3 Å². The van der Waals surface area contributed by atoms with Gasteiger partial charge in [-0.25, -0.2) is 0 Å². The Kier molecular flexibility index (Phi) is 5.77. The molecule has 0 spiro atoms. The van der Waals surface area contributed by atoms with Gasteiger partial charge < -0.3 is 14.9 Å². The average Bonchev–Trinajstić information content (AvgIpc) is 2.59. The van der Waals surface area contributed by atoms with Gasteiger partial charge in [0.25, 0.3) is 5.91 Å². The number of hydrogen-bond donors (Lipinski definition) is 1. The SMILES string of the molecule is CC(O)CCN(C)C(=O)c1ccccc1N(C)c1ccccc1. The van der Waals surface area contributed by atoms with Crippen molar-refractivity contribution < 1.29 is 9.90 Å². The second-order valence-electron chi connectivity index (χ2n) is 5.78. The van der Waals surface area contributed by atoms with Crippen LogP contribution in [0.5, 0.6) is 0 Å². The van der Waals surface area contributed by atoms with E-state index in [1.54, 1.807) is 18.9 Å². The van der Waals surface area contributed by atoms with E-state index in [1.165, 1.54) is 0 Å². The zero-order chi connectivity index (χ0) is 16.8. The number of carbonyl (C=O) groups excluding carboxylic acids is 1. The third-order valence-electron chi connectivity index (χ3n) is 3.87. The van der Waals surface area contributed by atoms with Crippen LogP contribution in [0.15, 0.2) is 54.6 Å². The molecule has 2 rings (SSSR count). The van der Waals surface area contributed by atoms with Crippen molar-refractivity contribution in [2.75, 3.05) is 25.5 Å². The summed E-state index contributed by atoms with van der Waals surface area (Å²) in [7, 11) is 3.72. The Hall–Kier alpha value is -2.33. The van der Waals surface area contributed by atoms with Gasteiger partial charge in [0.15, 0.2) is 0 Å². The number of para-hydroxylation sites is 2. The lowest BCUT2D eigenvalue weighted by Gasteiger charge is -2.25. The van der Waals surface area contributed by atoms with E-state index in [1.807, 2.05) is 66.5 Å². The number of carbonyl (C=O) groups is 1. The molecule has 0 aliphatic heterocycles. The molecule has 1 atom stereocenters. The van der Waals surface area contributed by atoms with Crippen LogP contribution in [-0.4, -0.2) is 42.7 Å². The van der Waals surface area contributed by atoms with Crippen molar-refractivity contribution in [2.45, 2.75) is 19.4 Å². The highest BCUT2D eigenvalue weighted by Gasteiger charge is 2.18. The highest BCUT2D eigenvalue weighted by Crippen LogP contribution is 2.27. The van der Waals surface area contributed by atoms with Gasteiger partial charge in [0.1, 0.15) is 0 Å². The summed E-state index contributed by atoms with van der Waals surface area (Å²) in [6.45, 7) is 2.26. The molecule has 0 saturated carbocycles. The van der Waals surface area contributed by atoms with Crippen LogP contribution < -0.4 is 4.90 Å². The van der Waals surface area contributed by atoms with Crippen molar-refractivity contribution in [3.8, 4) is 0 Å². The molecule has 0 aromatic heterocycles. The second kappa shape index (κ2) is 7.79. The molecule has 2 aromatic rings. The van der Waals surface area contributed by atoms with Crippen LogP contribution in [0.4, 0.5) is 11.4 Å². The summed E-state index contributed by atoms with van der Waals surface area (Å²) in [5, 5.41) is 9.40. The third-order valence-corrected chi connectivity index (χ3v) is 3.87. The molecular formula is C19H24N2O2. The number of rotatable bonds is 6. The molecule has 4 nitrogen and oxygen atoms in total. The first kappa shape index (κ1) is 17.0. The number of hydrogen-bond acceptors (Lipinski definition) is 3. The van der Waals surface area contributed by atoms with E-state index in [0.717, 1.165) is 11.4 Å². The van der Waals surface area contributed by atoms with Gasteiger partial charge in [-0.1, -0.05) is 30.3 Å². The van der Waals surface area contributed by atoms with Crippen LogP contribution in [0.3, 0.4) is 0 Å². The molecule has 0 aliphatic rings. The van der Waals surface area contributed by atoms with Crippen LogP contribution >= 0.6 is 0 Å². The van der Waals surface area contributed by atoms with Crippen molar-refractivity contribution in [1.29, 1.82) is 0 Å². The van der Waals surface area contributed by atoms with Crippen LogP contribution in [0.1, 0.15) is 23.7 Å². The van der Waals surface area contributed by atoms with Crippen LogP contribution in [0, 0.1) is 0 Å². The minimum absolute atomic E-state index is 0.0379. The maximum Gasteiger partial charge on any atom is 0.255 e. The normalized spacial score (nSPS) is 11.8. The molecular weight excluding hydrogens is 288 g/mol. The Bertz CT molecular complexity index is 641. The van der Waals surface area contributed by atoms with Crippen molar-refractivity contribution in [3.05, 3.63) is 60.2 Å². The smallest absolute Gasteiger partial charge is 0.255 e. The van der Waals surface area contributed by atoms with Crippen molar-refractivity contribution in [1.82, 2.24) is 4.90 Å². The van der Waals surface area contributed by atoms with E-state index in [-0.39, 0.29) is 5.91 Å². The molecule has 23 heavy (non-hydrogen) atoms. The Morgan fingerprint density at radius 1 is 1.04 bits per heavy atom. The molecule has 0 aliphatic carbocycles. The summed E-state index contributed by atoms with van der Waals surface area (Å²) in [6, 6.07) is 17.5. The first-order chi connectivity index (χ1) is 11.0. The van der Waals surface area contributed by atoms with Crippen molar-refractivity contribution >= 4 is 17.3 Å². The number of anilines is 2. The van der Waals surface area contributed by atoms with E-state index in [4.69, 9.17) is 0 Å². The molecule has 2 aromatic carbocycles. The number of aliphatic hydroxyl groups excluding tert-OH is 1. The second-order valence-corrected chi connectivity index (χ2v) is 5.78. The summed E-state index contributed by atoms with van der Waals surface area (Å²) in [5.41, 5.74) is 2.55. The summed E-state index contributed by atoms with van der Waals surface area (Å²) in [6.07, 6.45) is 0.159. The fourth-order valence-corrected chi connectivity index (χ4v) is 2.43. The van der Waals surface area contributed by atoms with E-state index in [0.29, 0.717) is 18.5 Å². The molecule has 1 unspecified atom stereocenters. The lowest BCUT2D eigenvalue weighted by Crippen LogP contribution is -2.30. The first-order valence-corrected chi connectivity index (χ1v) is 7.82. The summed E-state index contributed by atoms with van der Waals surface area (Å²) >= 11 is 0. The molecule has 1 amide bonds. The number of aliphatic hydroxyl groups is 1. The lowest BCUT2D eigenvalue weighted by molar-refractivity contribution is 0.0769. The molecule has 0 saturated heterocycles. The van der Waals surface area contributed by atoms with Gasteiger partial charge in [0.2, 0.25) is 0 Å². The molecule has 0 fully saturated rings. The minimum Gasteiger partial charge on any atom is -0.393 e. The average molecular weight is 312 g/mol. The predicted molar refractivity (Wildman–Crippen MR) is 94.2 cm³/mol. The molecule has 122 valence electrons.